The van der Waals surface area contributed by atoms with Gasteiger partial charge in [-0.2, -0.15) is 0 Å². The Morgan fingerprint density at radius 2 is 2.15 bits per heavy atom. The first-order valence-electron chi connectivity index (χ1n) is 8.74. The molecule has 144 valence electrons. The third-order valence-electron chi connectivity index (χ3n) is 4.06. The first-order chi connectivity index (χ1) is 13.0. The highest BCUT2D eigenvalue weighted by molar-refractivity contribution is 7.11. The Kier molecular flexibility index (Phi) is 6.08. The number of carbonyl (C=O) groups excluding carboxylic acids is 2. The van der Waals surface area contributed by atoms with E-state index in [1.807, 2.05) is 32.9 Å². The highest BCUT2D eigenvalue weighted by Gasteiger charge is 2.28. The van der Waals surface area contributed by atoms with Crippen molar-refractivity contribution < 1.29 is 23.8 Å². The van der Waals surface area contributed by atoms with Crippen molar-refractivity contribution in [3.8, 4) is 17.0 Å². The van der Waals surface area contributed by atoms with Gasteiger partial charge in [0, 0.05) is 17.0 Å². The maximum absolute atomic E-state index is 12.3. The number of ether oxygens (including phenoxy) is 3. The fourth-order valence-electron chi connectivity index (χ4n) is 2.85. The summed E-state index contributed by atoms with van der Waals surface area (Å²) >= 11 is 1.62. The van der Waals surface area contributed by atoms with Crippen LogP contribution in [0.25, 0.3) is 11.3 Å². The zero-order valence-electron chi connectivity index (χ0n) is 15.6. The SMILES string of the molecule is CCOCCOC(=O)CN1C(=O)COc2ccc(-c3nc(C)sc3C)cc21. The van der Waals surface area contributed by atoms with Gasteiger partial charge in [0.25, 0.3) is 5.91 Å². The lowest BCUT2D eigenvalue weighted by atomic mass is 10.1. The van der Waals surface area contributed by atoms with E-state index in [1.165, 1.54) is 4.90 Å². The van der Waals surface area contributed by atoms with Crippen LogP contribution in [0.5, 0.6) is 5.75 Å². The molecule has 0 N–H and O–H groups in total. The second-order valence-corrected chi connectivity index (χ2v) is 7.41. The van der Waals surface area contributed by atoms with Crippen molar-refractivity contribution >= 4 is 28.9 Å². The summed E-state index contributed by atoms with van der Waals surface area (Å²) in [6.45, 7) is 6.62. The second-order valence-electron chi connectivity index (χ2n) is 6.01. The minimum absolute atomic E-state index is 0.104. The summed E-state index contributed by atoms with van der Waals surface area (Å²) in [5.41, 5.74) is 2.30. The topological polar surface area (TPSA) is 78.0 Å². The number of hydrogen-bond acceptors (Lipinski definition) is 7. The van der Waals surface area contributed by atoms with Crippen LogP contribution in [0.15, 0.2) is 18.2 Å². The van der Waals surface area contributed by atoms with Crippen LogP contribution in [0.2, 0.25) is 0 Å². The molecule has 1 amide bonds. The average Bonchev–Trinajstić information content (AvgIpc) is 2.99. The Bertz CT molecular complexity index is 849. The van der Waals surface area contributed by atoms with Gasteiger partial charge >= 0.3 is 5.97 Å². The summed E-state index contributed by atoms with van der Waals surface area (Å²) in [7, 11) is 0. The molecule has 1 aliphatic rings. The summed E-state index contributed by atoms with van der Waals surface area (Å²) in [5.74, 6) is -0.209. The van der Waals surface area contributed by atoms with Gasteiger partial charge in [-0.1, -0.05) is 0 Å². The fraction of sp³-hybridized carbons (Fsp3) is 0.421. The van der Waals surface area contributed by atoms with Crippen LogP contribution in [-0.4, -0.2) is 49.8 Å². The molecule has 0 atom stereocenters. The minimum atomic E-state index is -0.484. The maximum Gasteiger partial charge on any atom is 0.326 e. The van der Waals surface area contributed by atoms with Crippen LogP contribution in [0.3, 0.4) is 0 Å². The molecule has 8 heteroatoms. The second kappa shape index (κ2) is 8.49. The molecular weight excluding hydrogens is 368 g/mol. The third kappa shape index (κ3) is 4.45. The zero-order chi connectivity index (χ0) is 19.4. The van der Waals surface area contributed by atoms with Gasteiger partial charge in [0.2, 0.25) is 0 Å². The van der Waals surface area contributed by atoms with Gasteiger partial charge in [0.1, 0.15) is 18.9 Å². The predicted molar refractivity (Wildman–Crippen MR) is 102 cm³/mol. The number of amides is 1. The number of hydrogen-bond donors (Lipinski definition) is 0. The molecule has 1 aromatic carbocycles. The molecule has 0 spiro atoms. The van der Waals surface area contributed by atoms with Crippen LogP contribution in [0.1, 0.15) is 16.8 Å². The predicted octanol–water partition coefficient (Wildman–Crippen LogP) is 2.73. The van der Waals surface area contributed by atoms with Gasteiger partial charge in [0.05, 0.1) is 23.0 Å². The number of carbonyl (C=O) groups is 2. The van der Waals surface area contributed by atoms with E-state index in [9.17, 15) is 9.59 Å². The number of fused-ring (bicyclic) bond motifs is 1. The Morgan fingerprint density at radius 3 is 2.85 bits per heavy atom. The fourth-order valence-corrected chi connectivity index (χ4v) is 3.69. The summed E-state index contributed by atoms with van der Waals surface area (Å²) < 4.78 is 15.8. The van der Waals surface area contributed by atoms with Crippen molar-refractivity contribution in [2.75, 3.05) is 37.9 Å². The molecule has 3 rings (SSSR count). The Morgan fingerprint density at radius 1 is 1.33 bits per heavy atom. The number of esters is 1. The van der Waals surface area contributed by atoms with Crippen LogP contribution >= 0.6 is 11.3 Å². The quantitative estimate of drug-likeness (QED) is 0.534. The molecule has 1 aliphatic heterocycles. The largest absolute Gasteiger partial charge is 0.482 e. The smallest absolute Gasteiger partial charge is 0.326 e. The van der Waals surface area contributed by atoms with Crippen molar-refractivity contribution in [1.29, 1.82) is 0 Å². The van der Waals surface area contributed by atoms with Crippen LogP contribution in [0.4, 0.5) is 5.69 Å². The van der Waals surface area contributed by atoms with Gasteiger partial charge in [0.15, 0.2) is 6.61 Å². The number of benzene rings is 1. The van der Waals surface area contributed by atoms with Crippen LogP contribution in [0, 0.1) is 13.8 Å². The Labute approximate surface area is 161 Å². The Balaban J connectivity index is 1.81. The highest BCUT2D eigenvalue weighted by atomic mass is 32.1. The average molecular weight is 390 g/mol. The first kappa shape index (κ1) is 19.3. The molecular formula is C19H22N2O5S. The van der Waals surface area contributed by atoms with E-state index < -0.39 is 5.97 Å². The van der Waals surface area contributed by atoms with E-state index >= 15 is 0 Å². The van der Waals surface area contributed by atoms with Crippen molar-refractivity contribution in [3.63, 3.8) is 0 Å². The third-order valence-corrected chi connectivity index (χ3v) is 4.95. The molecule has 0 aliphatic carbocycles. The normalized spacial score (nSPS) is 13.3. The van der Waals surface area contributed by atoms with Gasteiger partial charge in [-0.15, -0.1) is 11.3 Å². The summed E-state index contributed by atoms with van der Waals surface area (Å²) in [6, 6.07) is 5.55. The van der Waals surface area contributed by atoms with Crippen LogP contribution in [-0.2, 0) is 19.1 Å². The zero-order valence-corrected chi connectivity index (χ0v) is 16.4. The molecule has 0 saturated carbocycles. The number of rotatable bonds is 7. The van der Waals surface area contributed by atoms with E-state index in [4.69, 9.17) is 14.2 Å². The molecule has 0 saturated heterocycles. The molecule has 1 aromatic heterocycles. The molecule has 0 radical (unpaired) electrons. The molecule has 0 unspecified atom stereocenters. The van der Waals surface area contributed by atoms with E-state index in [-0.39, 0.29) is 25.7 Å². The van der Waals surface area contributed by atoms with Gasteiger partial charge in [-0.3, -0.25) is 14.5 Å². The molecule has 27 heavy (non-hydrogen) atoms. The van der Waals surface area contributed by atoms with Gasteiger partial charge < -0.3 is 14.2 Å². The lowest BCUT2D eigenvalue weighted by Gasteiger charge is -2.29. The van der Waals surface area contributed by atoms with Crippen molar-refractivity contribution in [2.24, 2.45) is 0 Å². The summed E-state index contributed by atoms with van der Waals surface area (Å²) in [4.78, 5) is 31.5. The number of anilines is 1. The van der Waals surface area contributed by atoms with Gasteiger partial charge in [-0.25, -0.2) is 4.98 Å². The first-order valence-corrected chi connectivity index (χ1v) is 9.56. The van der Waals surface area contributed by atoms with Crippen molar-refractivity contribution in [1.82, 2.24) is 4.98 Å². The van der Waals surface area contributed by atoms with Crippen LogP contribution < -0.4 is 9.64 Å². The monoisotopic (exact) mass is 390 g/mol. The minimum Gasteiger partial charge on any atom is -0.482 e. The lowest BCUT2D eigenvalue weighted by molar-refractivity contribution is -0.144. The lowest BCUT2D eigenvalue weighted by Crippen LogP contribution is -2.42. The van der Waals surface area contributed by atoms with E-state index in [2.05, 4.69) is 4.98 Å². The summed E-state index contributed by atoms with van der Waals surface area (Å²) in [5, 5.41) is 0.974. The Hall–Kier alpha value is -2.45. The number of thiazole rings is 1. The van der Waals surface area contributed by atoms with E-state index in [0.717, 1.165) is 21.1 Å². The van der Waals surface area contributed by atoms with Gasteiger partial charge in [-0.05, 0) is 39.0 Å². The molecule has 7 nitrogen and oxygen atoms in total. The molecule has 0 bridgehead atoms. The molecule has 2 heterocycles. The summed E-state index contributed by atoms with van der Waals surface area (Å²) in [6.07, 6.45) is 0. The molecule has 2 aromatic rings. The van der Waals surface area contributed by atoms with E-state index in [0.29, 0.717) is 24.7 Å². The van der Waals surface area contributed by atoms with Crippen molar-refractivity contribution in [2.45, 2.75) is 20.8 Å². The number of aryl methyl sites for hydroxylation is 2. The standard InChI is InChI=1S/C19H22N2O5S/c1-4-24-7-8-25-18(23)10-21-15-9-14(19-12(2)27-13(3)20-19)5-6-16(15)26-11-17(21)22/h5-6,9H,4,7-8,10-11H2,1-3H3. The number of aromatic nitrogens is 1. The van der Waals surface area contributed by atoms with E-state index in [1.54, 1.807) is 17.4 Å². The molecule has 0 fully saturated rings. The number of nitrogens with zero attached hydrogens (tertiary/aromatic N) is 2. The van der Waals surface area contributed by atoms with Crippen molar-refractivity contribution in [3.05, 3.63) is 28.1 Å². The maximum atomic E-state index is 12.3. The highest BCUT2D eigenvalue weighted by Crippen LogP contribution is 2.37.